The van der Waals surface area contributed by atoms with Gasteiger partial charge in [0.05, 0.1) is 0 Å². The molecule has 1 fully saturated rings. The van der Waals surface area contributed by atoms with Gasteiger partial charge in [0.1, 0.15) is 17.7 Å². The molecule has 0 unspecified atom stereocenters. The Hall–Kier alpha value is -1.94. The highest BCUT2D eigenvalue weighted by Gasteiger charge is 2.32. The molecule has 2 aromatic carbocycles. The van der Waals surface area contributed by atoms with Gasteiger partial charge in [0.2, 0.25) is 5.91 Å². The van der Waals surface area contributed by atoms with Crippen LogP contribution in [0.15, 0.2) is 54.6 Å². The lowest BCUT2D eigenvalue weighted by molar-refractivity contribution is -0.132. The Balaban J connectivity index is 1.76. The second-order valence-corrected chi connectivity index (χ2v) is 7.91. The molecular weight excluding hydrogens is 330 g/mol. The van der Waals surface area contributed by atoms with Gasteiger partial charge in [0.15, 0.2) is 0 Å². The van der Waals surface area contributed by atoms with Crippen molar-refractivity contribution in [2.24, 2.45) is 5.92 Å². The fraction of sp³-hybridized carbons (Fsp3) is 0.381. The first-order valence-corrected chi connectivity index (χ1v) is 9.86. The van der Waals surface area contributed by atoms with Crippen molar-refractivity contribution in [2.45, 2.75) is 32.2 Å². The largest absolute Gasteiger partial charge is 0.489 e. The predicted molar refractivity (Wildman–Crippen MR) is 104 cm³/mol. The maximum absolute atomic E-state index is 12.6. The Labute approximate surface area is 154 Å². The van der Waals surface area contributed by atoms with Crippen LogP contribution in [0, 0.1) is 5.92 Å². The lowest BCUT2D eigenvalue weighted by Crippen LogP contribution is -2.31. The summed E-state index contributed by atoms with van der Waals surface area (Å²) in [4.78, 5) is 14.6. The van der Waals surface area contributed by atoms with E-state index in [-0.39, 0.29) is 11.3 Å². The third kappa shape index (κ3) is 4.57. The Morgan fingerprint density at radius 1 is 1.16 bits per heavy atom. The molecule has 0 N–H and O–H groups in total. The van der Waals surface area contributed by atoms with Crippen molar-refractivity contribution < 1.29 is 9.53 Å². The van der Waals surface area contributed by atoms with Gasteiger partial charge in [-0.3, -0.25) is 4.79 Å². The molecule has 1 aliphatic heterocycles. The van der Waals surface area contributed by atoms with Gasteiger partial charge >= 0.3 is 0 Å². The summed E-state index contributed by atoms with van der Waals surface area (Å²) < 4.78 is 6.09. The van der Waals surface area contributed by atoms with Crippen LogP contribution in [-0.2, 0) is 11.4 Å². The number of rotatable bonds is 6. The molecule has 0 bridgehead atoms. The van der Waals surface area contributed by atoms with E-state index >= 15 is 0 Å². The standard InChI is InChI=1S/C21H25NO2S/c1-16(2)14-20(23)22-12-13-25-21(22)18-10-6-7-11-19(18)24-15-17-8-4-3-5-9-17/h3-11,16,21H,12-15H2,1-2H3/t21-/m0/s1. The maximum atomic E-state index is 12.6. The van der Waals surface area contributed by atoms with E-state index in [0.29, 0.717) is 18.9 Å². The van der Waals surface area contributed by atoms with Gasteiger partial charge in [-0.2, -0.15) is 0 Å². The zero-order valence-electron chi connectivity index (χ0n) is 14.9. The van der Waals surface area contributed by atoms with Crippen molar-refractivity contribution in [3.8, 4) is 5.75 Å². The van der Waals surface area contributed by atoms with Crippen LogP contribution in [0.25, 0.3) is 0 Å². The van der Waals surface area contributed by atoms with Crippen LogP contribution in [-0.4, -0.2) is 23.1 Å². The first kappa shape index (κ1) is 17.9. The summed E-state index contributed by atoms with van der Waals surface area (Å²) in [5.41, 5.74) is 2.24. The number of amides is 1. The summed E-state index contributed by atoms with van der Waals surface area (Å²) in [6, 6.07) is 18.3. The van der Waals surface area contributed by atoms with Gasteiger partial charge < -0.3 is 9.64 Å². The molecule has 3 nitrogen and oxygen atoms in total. The van der Waals surface area contributed by atoms with Crippen molar-refractivity contribution >= 4 is 17.7 Å². The second-order valence-electron chi connectivity index (χ2n) is 6.72. The minimum atomic E-state index is 0.0539. The van der Waals surface area contributed by atoms with Crippen LogP contribution < -0.4 is 4.74 Å². The zero-order chi connectivity index (χ0) is 17.6. The molecule has 0 spiro atoms. The van der Waals surface area contributed by atoms with Gasteiger partial charge in [-0.15, -0.1) is 11.8 Å². The van der Waals surface area contributed by atoms with Crippen LogP contribution in [0.2, 0.25) is 0 Å². The van der Waals surface area contributed by atoms with Crippen LogP contribution in [0.3, 0.4) is 0 Å². The molecule has 4 heteroatoms. The maximum Gasteiger partial charge on any atom is 0.224 e. The lowest BCUT2D eigenvalue weighted by Gasteiger charge is -2.26. The summed E-state index contributed by atoms with van der Waals surface area (Å²) in [5, 5.41) is 0.0539. The number of hydrogen-bond acceptors (Lipinski definition) is 3. The lowest BCUT2D eigenvalue weighted by atomic mass is 10.1. The monoisotopic (exact) mass is 355 g/mol. The number of carbonyl (C=O) groups is 1. The number of ether oxygens (including phenoxy) is 1. The van der Waals surface area contributed by atoms with E-state index < -0.39 is 0 Å². The number of hydrogen-bond donors (Lipinski definition) is 0. The third-order valence-corrected chi connectivity index (χ3v) is 5.46. The predicted octanol–water partition coefficient (Wildman–Crippen LogP) is 4.89. The molecular formula is C21H25NO2S. The molecule has 3 rings (SSSR count). The second kappa shape index (κ2) is 8.43. The first-order valence-electron chi connectivity index (χ1n) is 8.82. The molecule has 1 amide bonds. The molecule has 1 aliphatic rings. The van der Waals surface area contributed by atoms with Gasteiger partial charge in [0.25, 0.3) is 0 Å². The summed E-state index contributed by atoms with van der Waals surface area (Å²) in [6.45, 7) is 5.53. The van der Waals surface area contributed by atoms with E-state index in [0.717, 1.165) is 29.2 Å². The minimum Gasteiger partial charge on any atom is -0.489 e. The molecule has 2 aromatic rings. The highest BCUT2D eigenvalue weighted by atomic mass is 32.2. The summed E-state index contributed by atoms with van der Waals surface area (Å²) in [5.74, 6) is 2.46. The molecule has 1 heterocycles. The van der Waals surface area contributed by atoms with Crippen molar-refractivity contribution in [3.05, 3.63) is 65.7 Å². The van der Waals surface area contributed by atoms with E-state index in [9.17, 15) is 4.79 Å². The van der Waals surface area contributed by atoms with Gasteiger partial charge in [0, 0.05) is 24.3 Å². The van der Waals surface area contributed by atoms with E-state index in [4.69, 9.17) is 4.74 Å². The minimum absolute atomic E-state index is 0.0539. The molecule has 0 aliphatic carbocycles. The fourth-order valence-corrected chi connectivity index (χ4v) is 4.30. The van der Waals surface area contributed by atoms with Crippen molar-refractivity contribution in [3.63, 3.8) is 0 Å². The molecule has 0 radical (unpaired) electrons. The molecule has 25 heavy (non-hydrogen) atoms. The number of carbonyl (C=O) groups excluding carboxylic acids is 1. The third-order valence-electron chi connectivity index (χ3n) is 4.22. The number of thioether (sulfide) groups is 1. The Bertz CT molecular complexity index is 702. The average molecular weight is 356 g/mol. The molecule has 0 aromatic heterocycles. The van der Waals surface area contributed by atoms with Gasteiger partial charge in [-0.25, -0.2) is 0 Å². The molecule has 1 saturated heterocycles. The normalized spacial score (nSPS) is 17.1. The average Bonchev–Trinajstić information content (AvgIpc) is 3.10. The van der Waals surface area contributed by atoms with Crippen LogP contribution in [0.4, 0.5) is 0 Å². The van der Waals surface area contributed by atoms with Crippen LogP contribution >= 0.6 is 11.8 Å². The molecule has 132 valence electrons. The van der Waals surface area contributed by atoms with Crippen LogP contribution in [0.1, 0.15) is 36.8 Å². The zero-order valence-corrected chi connectivity index (χ0v) is 15.7. The summed E-state index contributed by atoms with van der Waals surface area (Å²) >= 11 is 1.82. The molecule has 0 saturated carbocycles. The highest BCUT2D eigenvalue weighted by Crippen LogP contribution is 2.42. The number of benzene rings is 2. The Morgan fingerprint density at radius 2 is 1.88 bits per heavy atom. The quantitative estimate of drug-likeness (QED) is 0.739. The fourth-order valence-electron chi connectivity index (χ4n) is 3.00. The Kier molecular flexibility index (Phi) is 6.03. The van der Waals surface area contributed by atoms with E-state index in [1.165, 1.54) is 0 Å². The Morgan fingerprint density at radius 3 is 2.64 bits per heavy atom. The first-order chi connectivity index (χ1) is 12.1. The van der Waals surface area contributed by atoms with Gasteiger partial charge in [-0.1, -0.05) is 62.4 Å². The van der Waals surface area contributed by atoms with Crippen molar-refractivity contribution in [2.75, 3.05) is 12.3 Å². The number of para-hydroxylation sites is 1. The van der Waals surface area contributed by atoms with Crippen molar-refractivity contribution in [1.29, 1.82) is 0 Å². The number of nitrogens with zero attached hydrogens (tertiary/aromatic N) is 1. The summed E-state index contributed by atoms with van der Waals surface area (Å²) in [6.07, 6.45) is 0.601. The van der Waals surface area contributed by atoms with E-state index in [1.54, 1.807) is 0 Å². The van der Waals surface area contributed by atoms with Crippen molar-refractivity contribution in [1.82, 2.24) is 4.90 Å². The molecule has 1 atom stereocenters. The topological polar surface area (TPSA) is 29.5 Å². The smallest absolute Gasteiger partial charge is 0.224 e. The van der Waals surface area contributed by atoms with Crippen LogP contribution in [0.5, 0.6) is 5.75 Å². The summed E-state index contributed by atoms with van der Waals surface area (Å²) in [7, 11) is 0. The van der Waals surface area contributed by atoms with E-state index in [1.807, 2.05) is 53.1 Å². The van der Waals surface area contributed by atoms with Gasteiger partial charge in [-0.05, 0) is 17.5 Å². The SMILES string of the molecule is CC(C)CC(=O)N1CCS[C@H]1c1ccccc1OCc1ccccc1. The highest BCUT2D eigenvalue weighted by molar-refractivity contribution is 7.99. The van der Waals surface area contributed by atoms with E-state index in [2.05, 4.69) is 32.0 Å².